The second-order valence-corrected chi connectivity index (χ2v) is 7.29. The minimum Gasteiger partial charge on any atom is -0.481 e. The average molecular weight is 314 g/mol. The number of rotatable bonds is 11. The lowest BCUT2D eigenvalue weighted by Crippen LogP contribution is -2.29. The summed E-state index contributed by atoms with van der Waals surface area (Å²) >= 11 is 1.94. The molecule has 0 radical (unpaired) electrons. The Hall–Kier alpha value is -0.550. The lowest BCUT2D eigenvalue weighted by atomic mass is 9.78. The van der Waals surface area contributed by atoms with E-state index >= 15 is 0 Å². The monoisotopic (exact) mass is 314 g/mol. The van der Waals surface area contributed by atoms with Crippen LogP contribution in [0.3, 0.4) is 0 Å². The molecule has 2 aliphatic rings. The highest BCUT2D eigenvalue weighted by atomic mass is 32.2. The number of unbranched alkanes of at least 4 members (excludes halogenated alkanes) is 2. The highest BCUT2D eigenvalue weighted by molar-refractivity contribution is 7.99. The van der Waals surface area contributed by atoms with Gasteiger partial charge in [0.1, 0.15) is 6.29 Å². The number of fused-ring (bicyclic) bond motifs is 2. The van der Waals surface area contributed by atoms with E-state index < -0.39 is 5.97 Å². The largest absolute Gasteiger partial charge is 0.481 e. The predicted molar refractivity (Wildman–Crippen MR) is 83.6 cm³/mol. The molecule has 0 saturated carbocycles. The maximum atomic E-state index is 10.5. The molecule has 0 aliphatic carbocycles. The molecule has 0 amide bonds. The first-order chi connectivity index (χ1) is 10.2. The zero-order valence-corrected chi connectivity index (χ0v) is 13.4. The van der Waals surface area contributed by atoms with Crippen LogP contribution in [0.15, 0.2) is 0 Å². The summed E-state index contributed by atoms with van der Waals surface area (Å²) in [4.78, 5) is 20.9. The summed E-state index contributed by atoms with van der Waals surface area (Å²) in [5.74, 6) is 2.74. The zero-order chi connectivity index (χ0) is 15.1. The van der Waals surface area contributed by atoms with E-state index in [1.165, 1.54) is 12.8 Å². The van der Waals surface area contributed by atoms with Crippen LogP contribution in [-0.4, -0.2) is 41.1 Å². The molecule has 2 saturated heterocycles. The van der Waals surface area contributed by atoms with Crippen molar-refractivity contribution in [3.8, 4) is 0 Å². The van der Waals surface area contributed by atoms with Crippen molar-refractivity contribution in [2.24, 2.45) is 11.8 Å². The van der Waals surface area contributed by atoms with Crippen LogP contribution in [-0.2, 0) is 14.3 Å². The van der Waals surface area contributed by atoms with Crippen LogP contribution in [0, 0.1) is 11.8 Å². The SMILES string of the molecule is O=CCCC[C@@H]1[C@H](CSCCCCC(=O)O)[C@@H]2CC[C@H]1O2. The minimum absolute atomic E-state index is 0.284. The molecule has 5 heteroatoms. The number of aliphatic carboxylic acids is 1. The fourth-order valence-corrected chi connectivity index (χ4v) is 4.95. The van der Waals surface area contributed by atoms with Gasteiger partial charge in [0.2, 0.25) is 0 Å². The van der Waals surface area contributed by atoms with Gasteiger partial charge in [0, 0.05) is 12.8 Å². The van der Waals surface area contributed by atoms with Crippen molar-refractivity contribution < 1.29 is 19.4 Å². The number of thioether (sulfide) groups is 1. The summed E-state index contributed by atoms with van der Waals surface area (Å²) in [5.41, 5.74) is 0. The smallest absolute Gasteiger partial charge is 0.303 e. The van der Waals surface area contributed by atoms with Crippen LogP contribution in [0.25, 0.3) is 0 Å². The molecule has 0 aromatic heterocycles. The van der Waals surface area contributed by atoms with Crippen molar-refractivity contribution in [2.75, 3.05) is 11.5 Å². The van der Waals surface area contributed by atoms with Gasteiger partial charge in [0.05, 0.1) is 12.2 Å². The molecule has 120 valence electrons. The van der Waals surface area contributed by atoms with E-state index in [9.17, 15) is 9.59 Å². The van der Waals surface area contributed by atoms with Crippen molar-refractivity contribution in [1.29, 1.82) is 0 Å². The number of carbonyl (C=O) groups excluding carboxylic acids is 1. The molecule has 2 bridgehead atoms. The molecular formula is C16H26O4S. The fraction of sp³-hybridized carbons (Fsp3) is 0.875. The summed E-state index contributed by atoms with van der Waals surface area (Å²) in [7, 11) is 0. The van der Waals surface area contributed by atoms with Crippen LogP contribution in [0.4, 0.5) is 0 Å². The van der Waals surface area contributed by atoms with E-state index in [-0.39, 0.29) is 6.42 Å². The molecular weight excluding hydrogens is 288 g/mol. The van der Waals surface area contributed by atoms with Crippen LogP contribution >= 0.6 is 11.8 Å². The quantitative estimate of drug-likeness (QED) is 0.469. The summed E-state index contributed by atoms with van der Waals surface area (Å²) in [6, 6.07) is 0. The third-order valence-electron chi connectivity index (χ3n) is 4.69. The summed E-state index contributed by atoms with van der Waals surface area (Å²) in [6.45, 7) is 0. The standard InChI is InChI=1S/C16H26O4S/c17-9-3-1-5-12-13(15-8-7-14(12)20-15)11-21-10-4-2-6-16(18)19/h9,12-15H,1-8,10-11H2,(H,18,19)/t12-,13+,14-,15+/m1/s1. The van der Waals surface area contributed by atoms with Gasteiger partial charge in [-0.15, -0.1) is 0 Å². The second-order valence-electron chi connectivity index (χ2n) is 6.14. The summed E-state index contributed by atoms with van der Waals surface area (Å²) in [5, 5.41) is 8.60. The molecule has 0 spiro atoms. The van der Waals surface area contributed by atoms with E-state index in [2.05, 4.69) is 0 Å². The average Bonchev–Trinajstić information content (AvgIpc) is 3.04. The van der Waals surface area contributed by atoms with Crippen molar-refractivity contribution in [3.63, 3.8) is 0 Å². The van der Waals surface area contributed by atoms with Crippen molar-refractivity contribution >= 4 is 24.0 Å². The van der Waals surface area contributed by atoms with E-state index in [4.69, 9.17) is 9.84 Å². The van der Waals surface area contributed by atoms with Crippen LogP contribution in [0.5, 0.6) is 0 Å². The number of ether oxygens (including phenoxy) is 1. The van der Waals surface area contributed by atoms with Gasteiger partial charge >= 0.3 is 5.97 Å². The van der Waals surface area contributed by atoms with Crippen LogP contribution in [0.2, 0.25) is 0 Å². The Morgan fingerprint density at radius 2 is 1.95 bits per heavy atom. The maximum Gasteiger partial charge on any atom is 0.303 e. The second kappa shape index (κ2) is 8.79. The van der Waals surface area contributed by atoms with E-state index in [1.807, 2.05) is 11.8 Å². The predicted octanol–water partition coefficient (Wildman–Crippen LogP) is 3.14. The zero-order valence-electron chi connectivity index (χ0n) is 12.5. The molecule has 0 unspecified atom stereocenters. The molecule has 4 atom stereocenters. The summed E-state index contributed by atoms with van der Waals surface area (Å²) < 4.78 is 6.06. The van der Waals surface area contributed by atoms with Gasteiger partial charge in [-0.05, 0) is 61.9 Å². The lowest BCUT2D eigenvalue weighted by molar-refractivity contribution is -0.137. The molecule has 2 fully saturated rings. The number of aldehydes is 1. The lowest BCUT2D eigenvalue weighted by Gasteiger charge is -2.27. The topological polar surface area (TPSA) is 63.6 Å². The van der Waals surface area contributed by atoms with Crippen molar-refractivity contribution in [1.82, 2.24) is 0 Å². The maximum absolute atomic E-state index is 10.5. The number of carboxylic acid groups (broad SMARTS) is 1. The van der Waals surface area contributed by atoms with E-state index in [0.29, 0.717) is 30.5 Å². The number of carboxylic acids is 1. The van der Waals surface area contributed by atoms with Gasteiger partial charge in [0.25, 0.3) is 0 Å². The highest BCUT2D eigenvalue weighted by Crippen LogP contribution is 2.46. The van der Waals surface area contributed by atoms with Gasteiger partial charge in [0.15, 0.2) is 0 Å². The Labute approximate surface area is 131 Å². The van der Waals surface area contributed by atoms with Crippen molar-refractivity contribution in [2.45, 2.75) is 63.6 Å². The molecule has 0 aromatic rings. The van der Waals surface area contributed by atoms with Gasteiger partial charge in [-0.1, -0.05) is 0 Å². The first-order valence-electron chi connectivity index (χ1n) is 8.11. The molecule has 1 N–H and O–H groups in total. The van der Waals surface area contributed by atoms with Crippen LogP contribution < -0.4 is 0 Å². The Morgan fingerprint density at radius 1 is 1.19 bits per heavy atom. The number of hydrogen-bond donors (Lipinski definition) is 1. The molecule has 2 aliphatic heterocycles. The minimum atomic E-state index is -0.697. The molecule has 2 rings (SSSR count). The fourth-order valence-electron chi connectivity index (χ4n) is 3.64. The Morgan fingerprint density at radius 3 is 2.67 bits per heavy atom. The van der Waals surface area contributed by atoms with Gasteiger partial charge in [-0.25, -0.2) is 0 Å². The highest BCUT2D eigenvalue weighted by Gasteiger charge is 2.47. The summed E-state index contributed by atoms with van der Waals surface area (Å²) in [6.07, 6.45) is 9.07. The third kappa shape index (κ3) is 4.99. The van der Waals surface area contributed by atoms with Crippen LogP contribution in [0.1, 0.15) is 51.4 Å². The normalized spacial score (nSPS) is 30.7. The molecule has 21 heavy (non-hydrogen) atoms. The first-order valence-corrected chi connectivity index (χ1v) is 9.26. The Kier molecular flexibility index (Phi) is 7.04. The molecule has 4 nitrogen and oxygen atoms in total. The van der Waals surface area contributed by atoms with Gasteiger partial charge < -0.3 is 14.6 Å². The third-order valence-corrected chi connectivity index (χ3v) is 5.89. The van der Waals surface area contributed by atoms with Gasteiger partial charge in [-0.3, -0.25) is 4.79 Å². The first kappa shape index (κ1) is 16.8. The van der Waals surface area contributed by atoms with Gasteiger partial charge in [-0.2, -0.15) is 11.8 Å². The Bertz CT molecular complexity index is 347. The van der Waals surface area contributed by atoms with E-state index in [0.717, 1.165) is 43.5 Å². The number of carbonyl (C=O) groups is 2. The number of hydrogen-bond acceptors (Lipinski definition) is 4. The van der Waals surface area contributed by atoms with Crippen molar-refractivity contribution in [3.05, 3.63) is 0 Å². The molecule has 0 aromatic carbocycles. The Balaban J connectivity index is 1.65. The molecule has 2 heterocycles. The van der Waals surface area contributed by atoms with E-state index in [1.54, 1.807) is 0 Å².